The van der Waals surface area contributed by atoms with Gasteiger partial charge in [-0.2, -0.15) is 0 Å². The van der Waals surface area contributed by atoms with E-state index in [1.54, 1.807) is 25.1 Å². The Morgan fingerprint density at radius 1 is 1.35 bits per heavy atom. The minimum atomic E-state index is -3.53. The first-order valence-electron chi connectivity index (χ1n) is 6.30. The molecule has 0 aliphatic carbocycles. The lowest BCUT2D eigenvalue weighted by Gasteiger charge is -2.10. The van der Waals surface area contributed by atoms with Crippen LogP contribution in [0.2, 0.25) is 0 Å². The molecule has 2 heterocycles. The van der Waals surface area contributed by atoms with Crippen molar-refractivity contribution >= 4 is 21.4 Å². The number of nitrogens with two attached hydrogens (primary N) is 1. The van der Waals surface area contributed by atoms with Gasteiger partial charge in [-0.25, -0.2) is 13.1 Å². The highest BCUT2D eigenvalue weighted by Gasteiger charge is 2.21. The average Bonchev–Trinajstić information content (AvgIpc) is 2.98. The second-order valence-corrected chi connectivity index (χ2v) is 7.66. The first kappa shape index (κ1) is 15.2. The number of furan rings is 1. The molecule has 0 radical (unpaired) electrons. The van der Waals surface area contributed by atoms with Crippen molar-refractivity contribution in [2.24, 2.45) is 5.73 Å². The molecule has 0 saturated heterocycles. The molecule has 20 heavy (non-hydrogen) atoms. The molecule has 0 aliphatic heterocycles. The van der Waals surface area contributed by atoms with Gasteiger partial charge in [0, 0.05) is 4.88 Å². The van der Waals surface area contributed by atoms with Crippen LogP contribution in [0.3, 0.4) is 0 Å². The van der Waals surface area contributed by atoms with Crippen LogP contribution in [0, 0.1) is 6.92 Å². The van der Waals surface area contributed by atoms with Gasteiger partial charge in [-0.1, -0.05) is 0 Å². The van der Waals surface area contributed by atoms with Crippen molar-refractivity contribution in [2.75, 3.05) is 6.54 Å². The van der Waals surface area contributed by atoms with E-state index >= 15 is 0 Å². The van der Waals surface area contributed by atoms with Crippen molar-refractivity contribution in [2.45, 2.75) is 30.5 Å². The van der Waals surface area contributed by atoms with Gasteiger partial charge >= 0.3 is 0 Å². The zero-order valence-electron chi connectivity index (χ0n) is 11.4. The van der Waals surface area contributed by atoms with Gasteiger partial charge in [0.15, 0.2) is 0 Å². The molecule has 5 nitrogen and oxygen atoms in total. The van der Waals surface area contributed by atoms with Crippen LogP contribution in [-0.4, -0.2) is 15.0 Å². The molecule has 110 valence electrons. The van der Waals surface area contributed by atoms with E-state index in [-0.39, 0.29) is 0 Å². The molecular weight excluding hydrogens is 296 g/mol. The van der Waals surface area contributed by atoms with Gasteiger partial charge in [-0.15, -0.1) is 11.3 Å². The van der Waals surface area contributed by atoms with Crippen LogP contribution in [0.25, 0.3) is 0 Å². The van der Waals surface area contributed by atoms with Crippen LogP contribution in [0.4, 0.5) is 0 Å². The smallest absolute Gasteiger partial charge is 0.250 e. The number of hydrogen-bond acceptors (Lipinski definition) is 5. The molecular formula is C13H18N2O3S2. The largest absolute Gasteiger partial charge is 0.465 e. The van der Waals surface area contributed by atoms with Crippen LogP contribution >= 0.6 is 11.3 Å². The Kier molecular flexibility index (Phi) is 4.64. The van der Waals surface area contributed by atoms with Crippen molar-refractivity contribution in [3.05, 3.63) is 40.7 Å². The number of hydrogen-bond donors (Lipinski definition) is 2. The lowest BCUT2D eigenvalue weighted by Crippen LogP contribution is -2.25. The molecule has 1 unspecified atom stereocenters. The maximum Gasteiger partial charge on any atom is 0.250 e. The Morgan fingerprint density at radius 3 is 2.70 bits per heavy atom. The van der Waals surface area contributed by atoms with E-state index in [4.69, 9.17) is 10.2 Å². The van der Waals surface area contributed by atoms with Crippen LogP contribution in [0.15, 0.2) is 32.9 Å². The molecule has 0 amide bonds. The first-order chi connectivity index (χ1) is 9.42. The Balaban J connectivity index is 2.13. The average molecular weight is 314 g/mol. The van der Waals surface area contributed by atoms with E-state index in [0.717, 1.165) is 10.6 Å². The first-order valence-corrected chi connectivity index (χ1v) is 8.60. The molecule has 2 rings (SSSR count). The SMILES string of the molecule is Cc1ccc(C(C)NS(=O)(=O)c2ccc(CCN)s2)o1. The fourth-order valence-corrected chi connectivity index (χ4v) is 4.41. The second-order valence-electron chi connectivity index (χ2n) is 4.55. The van der Waals surface area contributed by atoms with Crippen molar-refractivity contribution in [1.82, 2.24) is 4.72 Å². The van der Waals surface area contributed by atoms with Gasteiger partial charge in [0.25, 0.3) is 10.0 Å². The lowest BCUT2D eigenvalue weighted by atomic mass is 10.3. The third kappa shape index (κ3) is 3.49. The molecule has 0 saturated carbocycles. The zero-order valence-corrected chi connectivity index (χ0v) is 13.1. The van der Waals surface area contributed by atoms with Gasteiger partial charge in [0.05, 0.1) is 6.04 Å². The van der Waals surface area contributed by atoms with E-state index in [0.29, 0.717) is 22.9 Å². The summed E-state index contributed by atoms with van der Waals surface area (Å²) in [6, 6.07) is 6.58. The van der Waals surface area contributed by atoms with Crippen LogP contribution < -0.4 is 10.5 Å². The number of aryl methyl sites for hydroxylation is 1. The molecule has 1 atom stereocenters. The molecule has 2 aromatic heterocycles. The van der Waals surface area contributed by atoms with E-state index in [2.05, 4.69) is 4.72 Å². The molecule has 7 heteroatoms. The molecule has 0 aromatic carbocycles. The van der Waals surface area contributed by atoms with Crippen molar-refractivity contribution in [3.8, 4) is 0 Å². The van der Waals surface area contributed by atoms with Gasteiger partial charge in [0.1, 0.15) is 15.7 Å². The second kappa shape index (κ2) is 6.09. The summed E-state index contributed by atoms with van der Waals surface area (Å²) in [5, 5.41) is 0. The van der Waals surface area contributed by atoms with Gasteiger partial charge < -0.3 is 10.2 Å². The number of thiophene rings is 1. The zero-order chi connectivity index (χ0) is 14.8. The number of sulfonamides is 1. The summed E-state index contributed by atoms with van der Waals surface area (Å²) in [5.41, 5.74) is 5.47. The predicted octanol–water partition coefficient (Wildman–Crippen LogP) is 2.19. The Morgan fingerprint density at radius 2 is 2.10 bits per heavy atom. The summed E-state index contributed by atoms with van der Waals surface area (Å²) < 4.78 is 32.9. The summed E-state index contributed by atoms with van der Waals surface area (Å²) in [6.07, 6.45) is 0.688. The van der Waals surface area contributed by atoms with E-state index < -0.39 is 16.1 Å². The Labute approximate surface area is 122 Å². The maximum absolute atomic E-state index is 12.3. The topological polar surface area (TPSA) is 85.3 Å². The van der Waals surface area contributed by atoms with E-state index in [1.165, 1.54) is 11.3 Å². The number of nitrogens with one attached hydrogen (secondary N) is 1. The van der Waals surface area contributed by atoms with Gasteiger partial charge in [0.2, 0.25) is 0 Å². The van der Waals surface area contributed by atoms with Crippen LogP contribution in [-0.2, 0) is 16.4 Å². The summed E-state index contributed by atoms with van der Waals surface area (Å²) >= 11 is 1.25. The van der Waals surface area contributed by atoms with Gasteiger partial charge in [-0.3, -0.25) is 0 Å². The molecule has 0 spiro atoms. The van der Waals surface area contributed by atoms with E-state index in [1.807, 2.05) is 13.0 Å². The van der Waals surface area contributed by atoms with Crippen molar-refractivity contribution < 1.29 is 12.8 Å². The minimum Gasteiger partial charge on any atom is -0.465 e. The molecule has 0 fully saturated rings. The summed E-state index contributed by atoms with van der Waals surface area (Å²) in [5.74, 6) is 1.36. The fraction of sp³-hybridized carbons (Fsp3) is 0.385. The maximum atomic E-state index is 12.3. The fourth-order valence-electron chi connectivity index (χ4n) is 1.81. The minimum absolute atomic E-state index is 0.302. The molecule has 0 aliphatic rings. The monoisotopic (exact) mass is 314 g/mol. The van der Waals surface area contributed by atoms with E-state index in [9.17, 15) is 8.42 Å². The highest BCUT2D eigenvalue weighted by Crippen LogP contribution is 2.24. The standard InChI is InChI=1S/C13H18N2O3S2/c1-9-3-5-12(18-9)10(2)15-20(16,17)13-6-4-11(19-13)7-8-14/h3-6,10,15H,7-8,14H2,1-2H3. The quantitative estimate of drug-likeness (QED) is 0.856. The Bertz CT molecular complexity index is 673. The normalized spacial score (nSPS) is 13.6. The Hall–Kier alpha value is -1.15. The highest BCUT2D eigenvalue weighted by molar-refractivity contribution is 7.91. The molecule has 3 N–H and O–H groups in total. The van der Waals surface area contributed by atoms with Crippen LogP contribution in [0.5, 0.6) is 0 Å². The molecule has 0 bridgehead atoms. The highest BCUT2D eigenvalue weighted by atomic mass is 32.2. The van der Waals surface area contributed by atoms with Crippen molar-refractivity contribution in [3.63, 3.8) is 0 Å². The summed E-state index contributed by atoms with van der Waals surface area (Å²) in [7, 11) is -3.53. The predicted molar refractivity (Wildman–Crippen MR) is 79.3 cm³/mol. The van der Waals surface area contributed by atoms with Crippen LogP contribution in [0.1, 0.15) is 29.4 Å². The third-order valence-electron chi connectivity index (χ3n) is 2.81. The summed E-state index contributed by atoms with van der Waals surface area (Å²) in [4.78, 5) is 0.967. The van der Waals surface area contributed by atoms with Gasteiger partial charge in [-0.05, 0) is 51.1 Å². The number of rotatable bonds is 6. The lowest BCUT2D eigenvalue weighted by molar-refractivity contribution is 0.441. The molecule has 2 aromatic rings. The summed E-state index contributed by atoms with van der Waals surface area (Å²) in [6.45, 7) is 4.09. The third-order valence-corrected chi connectivity index (χ3v) is 5.99. The van der Waals surface area contributed by atoms with Crippen molar-refractivity contribution in [1.29, 1.82) is 0 Å².